The lowest BCUT2D eigenvalue weighted by Gasteiger charge is -2.13. The summed E-state index contributed by atoms with van der Waals surface area (Å²) in [5.41, 5.74) is 1.88. The quantitative estimate of drug-likeness (QED) is 0.744. The number of nitriles is 1. The summed E-state index contributed by atoms with van der Waals surface area (Å²) in [6.07, 6.45) is 0. The van der Waals surface area contributed by atoms with E-state index >= 15 is 0 Å². The number of rotatable bonds is 5. The van der Waals surface area contributed by atoms with Crippen LogP contribution in [-0.4, -0.2) is 20.3 Å². The molecule has 0 aromatic heterocycles. The van der Waals surface area contributed by atoms with Crippen LogP contribution in [0.25, 0.3) is 0 Å². The van der Waals surface area contributed by atoms with Gasteiger partial charge in [-0.15, -0.1) is 0 Å². The molecule has 3 heteroatoms. The van der Waals surface area contributed by atoms with Gasteiger partial charge in [0, 0.05) is 19.7 Å². The Hall–Kier alpha value is -1.37. The van der Waals surface area contributed by atoms with Crippen LogP contribution in [0.2, 0.25) is 0 Å². The molecule has 0 fully saturated rings. The van der Waals surface area contributed by atoms with Crippen molar-refractivity contribution in [2.75, 3.05) is 20.3 Å². The van der Waals surface area contributed by atoms with Crippen LogP contribution in [0, 0.1) is 11.3 Å². The number of methoxy groups -OCH3 is 1. The van der Waals surface area contributed by atoms with Crippen LogP contribution in [0.3, 0.4) is 0 Å². The van der Waals surface area contributed by atoms with Crippen LogP contribution >= 0.6 is 0 Å². The third-order valence-corrected chi connectivity index (χ3v) is 2.30. The minimum Gasteiger partial charge on any atom is -0.383 e. The number of ether oxygens (including phenoxy) is 1. The topological polar surface area (TPSA) is 45.0 Å². The van der Waals surface area contributed by atoms with E-state index in [9.17, 15) is 0 Å². The Bertz CT molecular complexity index is 326. The van der Waals surface area contributed by atoms with E-state index in [-0.39, 0.29) is 6.04 Å². The van der Waals surface area contributed by atoms with Crippen LogP contribution in [0.15, 0.2) is 24.3 Å². The van der Waals surface area contributed by atoms with E-state index in [0.717, 1.165) is 6.54 Å². The van der Waals surface area contributed by atoms with Gasteiger partial charge in [0.2, 0.25) is 0 Å². The Kier molecular flexibility index (Phi) is 4.82. The SMILES string of the molecule is COCCNC(C)c1ccc(C#N)cc1. The number of hydrogen-bond acceptors (Lipinski definition) is 3. The van der Waals surface area contributed by atoms with Crippen molar-refractivity contribution in [1.82, 2.24) is 5.32 Å². The first-order valence-electron chi connectivity index (χ1n) is 5.00. The highest BCUT2D eigenvalue weighted by molar-refractivity contribution is 5.32. The van der Waals surface area contributed by atoms with E-state index in [1.54, 1.807) is 7.11 Å². The highest BCUT2D eigenvalue weighted by atomic mass is 16.5. The average molecular weight is 204 g/mol. The Morgan fingerprint density at radius 3 is 2.60 bits per heavy atom. The lowest BCUT2D eigenvalue weighted by Crippen LogP contribution is -2.22. The molecule has 0 heterocycles. The molecule has 0 saturated heterocycles. The van der Waals surface area contributed by atoms with Gasteiger partial charge >= 0.3 is 0 Å². The number of benzene rings is 1. The maximum atomic E-state index is 8.66. The van der Waals surface area contributed by atoms with Crippen LogP contribution in [0.5, 0.6) is 0 Å². The fourth-order valence-electron chi connectivity index (χ4n) is 1.34. The fraction of sp³-hybridized carbons (Fsp3) is 0.417. The predicted octanol–water partition coefficient (Wildman–Crippen LogP) is 1.86. The molecule has 0 aliphatic carbocycles. The van der Waals surface area contributed by atoms with Crippen molar-refractivity contribution in [2.24, 2.45) is 0 Å². The molecule has 1 rings (SSSR count). The molecule has 0 saturated carbocycles. The molecule has 0 bridgehead atoms. The zero-order chi connectivity index (χ0) is 11.1. The Labute approximate surface area is 90.7 Å². The van der Waals surface area contributed by atoms with E-state index < -0.39 is 0 Å². The molecule has 3 nitrogen and oxygen atoms in total. The highest BCUT2D eigenvalue weighted by Crippen LogP contribution is 2.12. The van der Waals surface area contributed by atoms with Gasteiger partial charge in [0.05, 0.1) is 18.2 Å². The second kappa shape index (κ2) is 6.18. The summed E-state index contributed by atoms with van der Waals surface area (Å²) in [5, 5.41) is 12.0. The summed E-state index contributed by atoms with van der Waals surface area (Å²) in [7, 11) is 1.69. The first-order chi connectivity index (χ1) is 7.27. The monoisotopic (exact) mass is 204 g/mol. The van der Waals surface area contributed by atoms with Crippen molar-refractivity contribution < 1.29 is 4.74 Å². The van der Waals surface area contributed by atoms with Gasteiger partial charge in [0.15, 0.2) is 0 Å². The van der Waals surface area contributed by atoms with Crippen molar-refractivity contribution in [3.63, 3.8) is 0 Å². The number of nitrogens with zero attached hydrogens (tertiary/aromatic N) is 1. The molecule has 80 valence electrons. The summed E-state index contributed by atoms with van der Waals surface area (Å²) in [5.74, 6) is 0. The van der Waals surface area contributed by atoms with Crippen LogP contribution in [0.1, 0.15) is 24.1 Å². The van der Waals surface area contributed by atoms with Gasteiger partial charge < -0.3 is 10.1 Å². The van der Waals surface area contributed by atoms with Gasteiger partial charge in [-0.1, -0.05) is 12.1 Å². The lowest BCUT2D eigenvalue weighted by atomic mass is 10.1. The molecular formula is C12H16N2O. The number of hydrogen-bond donors (Lipinski definition) is 1. The zero-order valence-electron chi connectivity index (χ0n) is 9.16. The molecule has 1 atom stereocenters. The Morgan fingerprint density at radius 2 is 2.07 bits per heavy atom. The van der Waals surface area contributed by atoms with Gasteiger partial charge in [-0.3, -0.25) is 0 Å². The molecule has 15 heavy (non-hydrogen) atoms. The van der Waals surface area contributed by atoms with Crippen molar-refractivity contribution >= 4 is 0 Å². The third-order valence-electron chi connectivity index (χ3n) is 2.30. The second-order valence-electron chi connectivity index (χ2n) is 3.40. The first-order valence-corrected chi connectivity index (χ1v) is 5.00. The van der Waals surface area contributed by atoms with Crippen LogP contribution in [0.4, 0.5) is 0 Å². The minimum absolute atomic E-state index is 0.285. The third kappa shape index (κ3) is 3.70. The lowest BCUT2D eigenvalue weighted by molar-refractivity contribution is 0.196. The summed E-state index contributed by atoms with van der Waals surface area (Å²) >= 11 is 0. The Morgan fingerprint density at radius 1 is 1.40 bits per heavy atom. The van der Waals surface area contributed by atoms with E-state index in [4.69, 9.17) is 10.00 Å². The van der Waals surface area contributed by atoms with Crippen LogP contribution in [-0.2, 0) is 4.74 Å². The van der Waals surface area contributed by atoms with Crippen molar-refractivity contribution in [2.45, 2.75) is 13.0 Å². The average Bonchev–Trinajstić information content (AvgIpc) is 2.29. The molecule has 0 aliphatic heterocycles. The van der Waals surface area contributed by atoms with E-state index in [1.165, 1.54) is 5.56 Å². The first kappa shape index (κ1) is 11.7. The van der Waals surface area contributed by atoms with Gasteiger partial charge in [-0.2, -0.15) is 5.26 Å². The van der Waals surface area contributed by atoms with E-state index in [2.05, 4.69) is 18.3 Å². The van der Waals surface area contributed by atoms with Gasteiger partial charge in [-0.25, -0.2) is 0 Å². The molecule has 0 aliphatic rings. The highest BCUT2D eigenvalue weighted by Gasteiger charge is 2.03. The summed E-state index contributed by atoms with van der Waals surface area (Å²) in [6.45, 7) is 3.63. The van der Waals surface area contributed by atoms with Crippen molar-refractivity contribution in [3.05, 3.63) is 35.4 Å². The fourth-order valence-corrected chi connectivity index (χ4v) is 1.34. The summed E-state index contributed by atoms with van der Waals surface area (Å²) < 4.78 is 4.96. The van der Waals surface area contributed by atoms with Gasteiger partial charge in [-0.05, 0) is 24.6 Å². The van der Waals surface area contributed by atoms with E-state index in [1.807, 2.05) is 24.3 Å². The molecule has 1 unspecified atom stereocenters. The maximum Gasteiger partial charge on any atom is 0.0991 e. The Balaban J connectivity index is 2.51. The van der Waals surface area contributed by atoms with E-state index in [0.29, 0.717) is 12.2 Å². The van der Waals surface area contributed by atoms with Crippen LogP contribution < -0.4 is 5.32 Å². The van der Waals surface area contributed by atoms with Crippen molar-refractivity contribution in [1.29, 1.82) is 5.26 Å². The molecule has 0 spiro atoms. The molecule has 1 aromatic carbocycles. The molecular weight excluding hydrogens is 188 g/mol. The normalized spacial score (nSPS) is 12.1. The maximum absolute atomic E-state index is 8.66. The minimum atomic E-state index is 0.285. The predicted molar refractivity (Wildman–Crippen MR) is 59.5 cm³/mol. The van der Waals surface area contributed by atoms with Crippen molar-refractivity contribution in [3.8, 4) is 6.07 Å². The standard InChI is InChI=1S/C12H16N2O/c1-10(14-7-8-15-2)12-5-3-11(9-13)4-6-12/h3-6,10,14H,7-8H2,1-2H3. The molecule has 1 N–H and O–H groups in total. The second-order valence-corrected chi connectivity index (χ2v) is 3.40. The van der Waals surface area contributed by atoms with Gasteiger partial charge in [0.25, 0.3) is 0 Å². The molecule has 0 radical (unpaired) electrons. The summed E-state index contributed by atoms with van der Waals surface area (Å²) in [6, 6.07) is 10.0. The smallest absolute Gasteiger partial charge is 0.0991 e. The molecule has 1 aromatic rings. The molecule has 0 amide bonds. The van der Waals surface area contributed by atoms with Gasteiger partial charge in [0.1, 0.15) is 0 Å². The summed E-state index contributed by atoms with van der Waals surface area (Å²) in [4.78, 5) is 0. The largest absolute Gasteiger partial charge is 0.383 e. The number of nitrogens with one attached hydrogen (secondary N) is 1. The zero-order valence-corrected chi connectivity index (χ0v) is 9.16.